The molecule has 1 heterocycles. The Labute approximate surface area is 113 Å². The average Bonchev–Trinajstić information content (AvgIpc) is 2.35. The molecule has 96 valence electrons. The second-order valence-electron chi connectivity index (χ2n) is 4.88. The van der Waals surface area contributed by atoms with Crippen molar-refractivity contribution in [2.24, 2.45) is 5.92 Å². The molecule has 1 aromatic heterocycles. The number of nitrogens with zero attached hydrogens (tertiary/aromatic N) is 2. The Morgan fingerprint density at radius 3 is 2.83 bits per heavy atom. The van der Waals surface area contributed by atoms with Crippen LogP contribution in [0.15, 0.2) is 30.5 Å². The minimum atomic E-state index is 0.136. The number of hydrogen-bond acceptors (Lipinski definition) is 3. The van der Waals surface area contributed by atoms with Gasteiger partial charge in [-0.05, 0) is 18.4 Å². The van der Waals surface area contributed by atoms with Crippen LogP contribution in [0.3, 0.4) is 0 Å². The van der Waals surface area contributed by atoms with Crippen molar-refractivity contribution in [1.29, 1.82) is 0 Å². The molecule has 2 rings (SSSR count). The van der Waals surface area contributed by atoms with Crippen molar-refractivity contribution in [3.05, 3.63) is 30.5 Å². The highest BCUT2D eigenvalue weighted by Gasteiger charge is 2.08. The van der Waals surface area contributed by atoms with E-state index in [4.69, 9.17) is 11.6 Å². The van der Waals surface area contributed by atoms with Crippen LogP contribution in [-0.4, -0.2) is 22.1 Å². The van der Waals surface area contributed by atoms with E-state index in [0.29, 0.717) is 5.92 Å². The Bertz CT molecular complexity index is 508. The minimum absolute atomic E-state index is 0.136. The lowest BCUT2D eigenvalue weighted by Crippen LogP contribution is -2.16. The largest absolute Gasteiger partial charge is 0.382 e. The van der Waals surface area contributed by atoms with Crippen LogP contribution in [0.5, 0.6) is 0 Å². The molecule has 0 spiro atoms. The monoisotopic (exact) mass is 263 g/mol. The second kappa shape index (κ2) is 6.01. The number of anilines is 1. The number of benzene rings is 1. The highest BCUT2D eigenvalue weighted by Crippen LogP contribution is 2.20. The molecule has 0 fully saturated rings. The molecule has 1 atom stereocenters. The lowest BCUT2D eigenvalue weighted by molar-refractivity contribution is 0.572. The fourth-order valence-electron chi connectivity index (χ4n) is 1.96. The number of alkyl halides is 1. The van der Waals surface area contributed by atoms with Gasteiger partial charge in [0.1, 0.15) is 0 Å². The highest BCUT2D eigenvalue weighted by atomic mass is 35.5. The quantitative estimate of drug-likeness (QED) is 0.836. The fraction of sp³-hybridized carbons (Fsp3) is 0.429. The fourth-order valence-corrected chi connectivity index (χ4v) is 2.40. The van der Waals surface area contributed by atoms with Crippen molar-refractivity contribution in [2.75, 3.05) is 11.9 Å². The molecule has 0 saturated heterocycles. The summed E-state index contributed by atoms with van der Waals surface area (Å²) >= 11 is 6.28. The van der Waals surface area contributed by atoms with Gasteiger partial charge >= 0.3 is 0 Å². The van der Waals surface area contributed by atoms with Gasteiger partial charge in [0.05, 0.1) is 22.8 Å². The molecule has 0 radical (unpaired) electrons. The summed E-state index contributed by atoms with van der Waals surface area (Å²) < 4.78 is 0. The molecular weight excluding hydrogens is 246 g/mol. The molecule has 0 saturated carbocycles. The van der Waals surface area contributed by atoms with Crippen molar-refractivity contribution in [3.63, 3.8) is 0 Å². The highest BCUT2D eigenvalue weighted by molar-refractivity contribution is 6.21. The molecule has 2 aromatic rings. The van der Waals surface area contributed by atoms with Crippen molar-refractivity contribution in [1.82, 2.24) is 10.2 Å². The van der Waals surface area contributed by atoms with Crippen LogP contribution in [0, 0.1) is 5.92 Å². The molecule has 1 N–H and O–H groups in total. The van der Waals surface area contributed by atoms with Crippen LogP contribution >= 0.6 is 11.6 Å². The van der Waals surface area contributed by atoms with Gasteiger partial charge in [-0.3, -0.25) is 0 Å². The summed E-state index contributed by atoms with van der Waals surface area (Å²) in [5, 5.41) is 12.7. The van der Waals surface area contributed by atoms with E-state index in [2.05, 4.69) is 29.4 Å². The number of rotatable bonds is 5. The lowest BCUT2D eigenvalue weighted by Gasteiger charge is -2.14. The van der Waals surface area contributed by atoms with Gasteiger partial charge < -0.3 is 5.32 Å². The van der Waals surface area contributed by atoms with E-state index >= 15 is 0 Å². The smallest absolute Gasteiger partial charge is 0.0950 e. The molecule has 18 heavy (non-hydrogen) atoms. The summed E-state index contributed by atoms with van der Waals surface area (Å²) in [6.07, 6.45) is 2.76. The van der Waals surface area contributed by atoms with Crippen molar-refractivity contribution < 1.29 is 0 Å². The summed E-state index contributed by atoms with van der Waals surface area (Å²) in [6, 6.07) is 7.96. The van der Waals surface area contributed by atoms with Crippen LogP contribution in [0.2, 0.25) is 0 Å². The van der Waals surface area contributed by atoms with E-state index in [-0.39, 0.29) is 5.38 Å². The molecule has 1 unspecified atom stereocenters. The predicted molar refractivity (Wildman–Crippen MR) is 77.1 cm³/mol. The summed E-state index contributed by atoms with van der Waals surface area (Å²) in [4.78, 5) is 0. The van der Waals surface area contributed by atoms with E-state index in [1.54, 1.807) is 6.20 Å². The maximum Gasteiger partial charge on any atom is 0.0950 e. The lowest BCUT2D eigenvalue weighted by atomic mass is 10.1. The summed E-state index contributed by atoms with van der Waals surface area (Å²) in [6.45, 7) is 5.10. The Kier molecular flexibility index (Phi) is 4.37. The normalized spacial score (nSPS) is 12.9. The first kappa shape index (κ1) is 13.1. The first-order valence-electron chi connectivity index (χ1n) is 6.25. The van der Waals surface area contributed by atoms with Gasteiger partial charge in [0.2, 0.25) is 0 Å². The van der Waals surface area contributed by atoms with E-state index in [1.807, 2.05) is 24.3 Å². The van der Waals surface area contributed by atoms with Crippen LogP contribution < -0.4 is 5.32 Å². The molecule has 0 aliphatic carbocycles. The van der Waals surface area contributed by atoms with Crippen molar-refractivity contribution >= 4 is 28.2 Å². The first-order chi connectivity index (χ1) is 8.66. The Morgan fingerprint density at radius 1 is 1.28 bits per heavy atom. The first-order valence-corrected chi connectivity index (χ1v) is 6.69. The predicted octanol–water partition coefficient (Wildman–Crippen LogP) is 3.70. The van der Waals surface area contributed by atoms with E-state index in [1.165, 1.54) is 0 Å². The maximum absolute atomic E-state index is 6.28. The molecular formula is C14H18ClN3. The maximum atomic E-state index is 6.28. The Morgan fingerprint density at radius 2 is 2.06 bits per heavy atom. The topological polar surface area (TPSA) is 37.8 Å². The van der Waals surface area contributed by atoms with Crippen LogP contribution in [0.4, 0.5) is 5.69 Å². The summed E-state index contributed by atoms with van der Waals surface area (Å²) in [5.41, 5.74) is 1.90. The van der Waals surface area contributed by atoms with Crippen molar-refractivity contribution in [3.8, 4) is 0 Å². The molecule has 0 aliphatic heterocycles. The van der Waals surface area contributed by atoms with Gasteiger partial charge in [0.15, 0.2) is 0 Å². The van der Waals surface area contributed by atoms with Crippen LogP contribution in [0.25, 0.3) is 10.9 Å². The SMILES string of the molecule is CC(C)CC(Cl)CNc1cnnc2ccccc12. The molecule has 3 nitrogen and oxygen atoms in total. The van der Waals surface area contributed by atoms with Crippen molar-refractivity contribution in [2.45, 2.75) is 25.6 Å². The number of nitrogens with one attached hydrogen (secondary N) is 1. The standard InChI is InChI=1S/C14H18ClN3/c1-10(2)7-11(15)8-16-14-9-17-18-13-6-4-3-5-12(13)14/h3-6,9-11H,7-8H2,1-2H3,(H,16,18). The van der Waals surface area contributed by atoms with Gasteiger partial charge in [0.25, 0.3) is 0 Å². The number of aromatic nitrogens is 2. The Balaban J connectivity index is 2.08. The molecule has 4 heteroatoms. The zero-order chi connectivity index (χ0) is 13.0. The van der Waals surface area contributed by atoms with E-state index in [9.17, 15) is 0 Å². The Hall–Kier alpha value is -1.35. The van der Waals surface area contributed by atoms with E-state index < -0.39 is 0 Å². The van der Waals surface area contributed by atoms with Gasteiger partial charge in [-0.25, -0.2) is 0 Å². The third-order valence-corrected chi connectivity index (χ3v) is 3.12. The summed E-state index contributed by atoms with van der Waals surface area (Å²) in [7, 11) is 0. The van der Waals surface area contributed by atoms with Gasteiger partial charge in [0, 0.05) is 11.9 Å². The van der Waals surface area contributed by atoms with Gasteiger partial charge in [-0.1, -0.05) is 32.0 Å². The third kappa shape index (κ3) is 3.33. The molecule has 0 bridgehead atoms. The molecule has 0 aliphatic rings. The minimum Gasteiger partial charge on any atom is -0.382 e. The molecule has 0 amide bonds. The number of hydrogen-bond donors (Lipinski definition) is 1. The summed E-state index contributed by atoms with van der Waals surface area (Å²) in [5.74, 6) is 0.613. The third-order valence-electron chi connectivity index (χ3n) is 2.79. The van der Waals surface area contributed by atoms with E-state index in [0.717, 1.165) is 29.6 Å². The van der Waals surface area contributed by atoms with Crippen LogP contribution in [0.1, 0.15) is 20.3 Å². The van der Waals surface area contributed by atoms with Gasteiger partial charge in [-0.15, -0.1) is 11.6 Å². The number of fused-ring (bicyclic) bond motifs is 1. The van der Waals surface area contributed by atoms with Gasteiger partial charge in [-0.2, -0.15) is 10.2 Å². The van der Waals surface area contributed by atoms with Crippen LogP contribution in [-0.2, 0) is 0 Å². The zero-order valence-corrected chi connectivity index (χ0v) is 11.5. The second-order valence-corrected chi connectivity index (χ2v) is 5.50. The molecule has 1 aromatic carbocycles. The number of halogens is 1. The average molecular weight is 264 g/mol. The zero-order valence-electron chi connectivity index (χ0n) is 10.7.